The fourth-order valence-corrected chi connectivity index (χ4v) is 6.34. The molecule has 33 heavy (non-hydrogen) atoms. The third-order valence-corrected chi connectivity index (χ3v) is 7.46. The molecule has 0 fully saturated rings. The van der Waals surface area contributed by atoms with E-state index >= 15 is 0 Å². The van der Waals surface area contributed by atoms with E-state index in [9.17, 15) is 0 Å². The molecule has 0 unspecified atom stereocenters. The van der Waals surface area contributed by atoms with Gasteiger partial charge in [0.25, 0.3) is 0 Å². The Morgan fingerprint density at radius 3 is 1.91 bits per heavy atom. The molecule has 0 amide bonds. The van der Waals surface area contributed by atoms with Gasteiger partial charge in [0.1, 0.15) is 0 Å². The highest BCUT2D eigenvalue weighted by Crippen LogP contribution is 2.63. The molecule has 1 N–H and O–H groups in total. The molecule has 0 aliphatic heterocycles. The quantitative estimate of drug-likeness (QED) is 0.285. The number of aromatic nitrogens is 1. The van der Waals surface area contributed by atoms with Crippen LogP contribution in [0.15, 0.2) is 96.5 Å². The minimum Gasteiger partial charge on any atom is -0.353 e. The van der Waals surface area contributed by atoms with Crippen LogP contribution in [-0.4, -0.2) is 18.2 Å². The third-order valence-electron chi connectivity index (χ3n) is 7.46. The second kappa shape index (κ2) is 6.43. The summed E-state index contributed by atoms with van der Waals surface area (Å²) in [5, 5.41) is 1.19. The largest absolute Gasteiger partial charge is 0.353 e. The maximum absolute atomic E-state index is 4.27. The van der Waals surface area contributed by atoms with Crippen LogP contribution in [0.3, 0.4) is 0 Å². The van der Waals surface area contributed by atoms with Crippen molar-refractivity contribution in [2.75, 3.05) is 7.05 Å². The number of nitrogens with zero attached hydrogens (tertiary/aromatic N) is 1. The normalized spacial score (nSPS) is 14.5. The zero-order valence-corrected chi connectivity index (χ0v) is 18.4. The minimum atomic E-state index is -0.314. The van der Waals surface area contributed by atoms with Gasteiger partial charge in [0.05, 0.1) is 16.6 Å². The summed E-state index contributed by atoms with van der Waals surface area (Å²) >= 11 is 0. The van der Waals surface area contributed by atoms with Gasteiger partial charge in [-0.05, 0) is 38.9 Å². The van der Waals surface area contributed by atoms with Crippen molar-refractivity contribution in [3.8, 4) is 22.3 Å². The molecule has 2 aliphatic rings. The second-order valence-corrected chi connectivity index (χ2v) is 8.84. The lowest BCUT2D eigenvalue weighted by Crippen LogP contribution is -2.25. The van der Waals surface area contributed by atoms with E-state index < -0.39 is 0 Å². The summed E-state index contributed by atoms with van der Waals surface area (Å²) < 4.78 is 0. The molecule has 1 spiro atoms. The number of hydrogen-bond acceptors (Lipinski definition) is 1. The average Bonchev–Trinajstić information content (AvgIpc) is 3.47. The summed E-state index contributed by atoms with van der Waals surface area (Å²) in [6.07, 6.45) is 3.82. The van der Waals surface area contributed by atoms with Crippen LogP contribution < -0.4 is 0 Å². The van der Waals surface area contributed by atoms with Crippen molar-refractivity contribution in [1.29, 1.82) is 0 Å². The maximum Gasteiger partial charge on any atom is 0.0726 e. The summed E-state index contributed by atoms with van der Waals surface area (Å²) in [6, 6.07) is 31.3. The van der Waals surface area contributed by atoms with E-state index in [1.54, 1.807) is 7.05 Å². The van der Waals surface area contributed by atoms with Crippen LogP contribution in [-0.2, 0) is 5.41 Å². The lowest BCUT2D eigenvalue weighted by Gasteiger charge is -2.30. The molecule has 0 radical (unpaired) electrons. The number of nitrogens with one attached hydrogen (secondary N) is 1. The van der Waals surface area contributed by atoms with Gasteiger partial charge in [0, 0.05) is 29.8 Å². The van der Waals surface area contributed by atoms with Gasteiger partial charge in [0.15, 0.2) is 0 Å². The first-order valence-corrected chi connectivity index (χ1v) is 11.3. The number of hydrogen-bond donors (Lipinski definition) is 1. The zero-order chi connectivity index (χ0) is 22.2. The van der Waals surface area contributed by atoms with E-state index in [1.807, 2.05) is 12.3 Å². The van der Waals surface area contributed by atoms with Gasteiger partial charge in [-0.2, -0.15) is 0 Å². The number of benzene rings is 4. The van der Waals surface area contributed by atoms with Crippen molar-refractivity contribution in [2.24, 2.45) is 4.99 Å². The highest BCUT2D eigenvalue weighted by Gasteiger charge is 2.51. The molecule has 0 saturated carbocycles. The van der Waals surface area contributed by atoms with Crippen LogP contribution in [0.5, 0.6) is 0 Å². The molecule has 5 aromatic rings. The average molecular weight is 423 g/mol. The van der Waals surface area contributed by atoms with Crippen molar-refractivity contribution in [3.05, 3.63) is 125 Å². The topological polar surface area (TPSA) is 28.1 Å². The van der Waals surface area contributed by atoms with E-state index in [4.69, 9.17) is 0 Å². The van der Waals surface area contributed by atoms with Crippen LogP contribution >= 0.6 is 0 Å². The van der Waals surface area contributed by atoms with E-state index in [0.29, 0.717) is 0 Å². The van der Waals surface area contributed by atoms with Gasteiger partial charge >= 0.3 is 0 Å². The number of H-pyrrole nitrogens is 1. The summed E-state index contributed by atoms with van der Waals surface area (Å²) in [5.41, 5.74) is 13.6. The van der Waals surface area contributed by atoms with Crippen LogP contribution in [0, 0.1) is 0 Å². The first-order valence-electron chi connectivity index (χ1n) is 11.3. The molecule has 0 bridgehead atoms. The Bertz CT molecular complexity index is 1600. The first kappa shape index (κ1) is 18.4. The smallest absolute Gasteiger partial charge is 0.0726 e. The molecule has 1 aromatic heterocycles. The molecule has 156 valence electrons. The summed E-state index contributed by atoms with van der Waals surface area (Å²) in [5.74, 6) is 0. The molecule has 2 nitrogen and oxygen atoms in total. The maximum atomic E-state index is 4.27. The van der Waals surface area contributed by atoms with Gasteiger partial charge < -0.3 is 4.98 Å². The number of rotatable bonds is 2. The Labute approximate surface area is 193 Å². The van der Waals surface area contributed by atoms with Gasteiger partial charge in [-0.15, -0.1) is 0 Å². The highest BCUT2D eigenvalue weighted by molar-refractivity contribution is 6.09. The second-order valence-electron chi connectivity index (χ2n) is 8.84. The standard InChI is InChI=1S/C31H22N2/c1-3-19-22-16-17-27-29(30(22)33-28(19)18-32-2)23-12-6-9-15-26(23)31(27)24-13-7-4-10-20(24)21-11-5-8-14-25(21)31/h3-18,33H,1H2,2H3/b32-18+. The molecule has 4 aromatic carbocycles. The van der Waals surface area contributed by atoms with E-state index in [-0.39, 0.29) is 5.41 Å². The van der Waals surface area contributed by atoms with Gasteiger partial charge in [-0.3, -0.25) is 4.99 Å². The van der Waals surface area contributed by atoms with Crippen LogP contribution in [0.25, 0.3) is 39.2 Å². The van der Waals surface area contributed by atoms with Crippen molar-refractivity contribution in [2.45, 2.75) is 5.41 Å². The fraction of sp³-hybridized carbons (Fsp3) is 0.0645. The molecule has 0 saturated heterocycles. The Hall–Kier alpha value is -4.17. The SMILES string of the molecule is C=Cc1c(/C=N/C)[nH]c2c3c(ccc12)C1(c2ccccc2-c2ccccc21)c1ccccc1-3. The van der Waals surface area contributed by atoms with Gasteiger partial charge in [-0.25, -0.2) is 0 Å². The van der Waals surface area contributed by atoms with Crippen molar-refractivity contribution in [1.82, 2.24) is 4.98 Å². The monoisotopic (exact) mass is 422 g/mol. The number of fused-ring (bicyclic) bond motifs is 12. The van der Waals surface area contributed by atoms with Crippen molar-refractivity contribution < 1.29 is 0 Å². The fourth-order valence-electron chi connectivity index (χ4n) is 6.34. The first-order chi connectivity index (χ1) is 16.3. The highest BCUT2D eigenvalue weighted by atomic mass is 14.8. The van der Waals surface area contributed by atoms with Crippen LogP contribution in [0.2, 0.25) is 0 Å². The predicted molar refractivity (Wildman–Crippen MR) is 138 cm³/mol. The molecule has 0 atom stereocenters. The number of aromatic amines is 1. The Balaban J connectivity index is 1.70. The molecule has 1 heterocycles. The minimum absolute atomic E-state index is 0.314. The lowest BCUT2D eigenvalue weighted by atomic mass is 9.70. The van der Waals surface area contributed by atoms with Crippen LogP contribution in [0.1, 0.15) is 33.5 Å². The van der Waals surface area contributed by atoms with E-state index in [1.165, 1.54) is 49.9 Å². The molecule has 2 heteroatoms. The van der Waals surface area contributed by atoms with Gasteiger partial charge in [-0.1, -0.05) is 97.6 Å². The van der Waals surface area contributed by atoms with Crippen molar-refractivity contribution in [3.63, 3.8) is 0 Å². The summed E-state index contributed by atoms with van der Waals surface area (Å²) in [6.45, 7) is 4.08. The summed E-state index contributed by atoms with van der Waals surface area (Å²) in [4.78, 5) is 7.97. The number of aliphatic imine (C=N–C) groups is 1. The van der Waals surface area contributed by atoms with E-state index in [0.717, 1.165) is 16.8 Å². The summed E-state index contributed by atoms with van der Waals surface area (Å²) in [7, 11) is 1.81. The molecule has 2 aliphatic carbocycles. The molecular formula is C31H22N2. The lowest BCUT2D eigenvalue weighted by molar-refractivity contribution is 0.794. The van der Waals surface area contributed by atoms with E-state index in [2.05, 4.69) is 101 Å². The molecule has 7 rings (SSSR count). The Kier molecular flexibility index (Phi) is 3.58. The Morgan fingerprint density at radius 2 is 1.30 bits per heavy atom. The van der Waals surface area contributed by atoms with Crippen LogP contribution in [0.4, 0.5) is 0 Å². The zero-order valence-electron chi connectivity index (χ0n) is 18.4. The Morgan fingerprint density at radius 1 is 0.727 bits per heavy atom. The van der Waals surface area contributed by atoms with Crippen molar-refractivity contribution >= 4 is 23.2 Å². The van der Waals surface area contributed by atoms with Gasteiger partial charge in [0.2, 0.25) is 0 Å². The molecular weight excluding hydrogens is 400 g/mol. The third kappa shape index (κ3) is 2.06. The predicted octanol–water partition coefficient (Wildman–Crippen LogP) is 7.20.